The van der Waals surface area contributed by atoms with Crippen molar-refractivity contribution in [3.63, 3.8) is 0 Å². The van der Waals surface area contributed by atoms with Crippen LogP contribution >= 0.6 is 11.6 Å². The molecule has 1 N–H and O–H groups in total. The summed E-state index contributed by atoms with van der Waals surface area (Å²) in [4.78, 5) is 0.0671. The Hall–Kier alpha value is -2.49. The third-order valence-electron chi connectivity index (χ3n) is 5.45. The quantitative estimate of drug-likeness (QED) is 0.569. The maximum Gasteiger partial charge on any atom is 0.261 e. The summed E-state index contributed by atoms with van der Waals surface area (Å²) in [6, 6.07) is 9.03. The molecule has 1 aliphatic rings. The molecule has 1 fully saturated rings. The van der Waals surface area contributed by atoms with Gasteiger partial charge in [-0.2, -0.15) is 0 Å². The van der Waals surface area contributed by atoms with Gasteiger partial charge < -0.3 is 9.30 Å². The zero-order chi connectivity index (χ0) is 23.1. The maximum absolute atomic E-state index is 14.3. The molecular formula is C22H24ClFN4O3S. The number of hydrogen-bond acceptors (Lipinski definition) is 5. The van der Waals surface area contributed by atoms with E-state index in [1.807, 2.05) is 20.8 Å². The van der Waals surface area contributed by atoms with E-state index in [0.29, 0.717) is 24.6 Å². The van der Waals surface area contributed by atoms with Crippen molar-refractivity contribution in [3.8, 4) is 11.4 Å². The van der Waals surface area contributed by atoms with Gasteiger partial charge in [-0.3, -0.25) is 4.72 Å². The van der Waals surface area contributed by atoms with Gasteiger partial charge in [-0.05, 0) is 35.6 Å². The SMILES string of the molecule is CC(C)(C)c1ccc(S(=O)(=O)Nc2cc(F)c(Cl)cc2-c2nncn2[C@H]2CCOC2)cc1. The van der Waals surface area contributed by atoms with Crippen LogP contribution in [0.2, 0.25) is 5.02 Å². The zero-order valence-corrected chi connectivity index (χ0v) is 19.5. The molecule has 0 unspecified atom stereocenters. The minimum Gasteiger partial charge on any atom is -0.379 e. The number of anilines is 1. The van der Waals surface area contributed by atoms with Gasteiger partial charge in [0, 0.05) is 18.2 Å². The summed E-state index contributed by atoms with van der Waals surface area (Å²) in [5.41, 5.74) is 1.24. The highest BCUT2D eigenvalue weighted by Crippen LogP contribution is 2.35. The summed E-state index contributed by atoms with van der Waals surface area (Å²) >= 11 is 6.03. The van der Waals surface area contributed by atoms with E-state index < -0.39 is 15.8 Å². The highest BCUT2D eigenvalue weighted by molar-refractivity contribution is 7.92. The lowest BCUT2D eigenvalue weighted by atomic mass is 9.87. The van der Waals surface area contributed by atoms with Gasteiger partial charge in [0.15, 0.2) is 5.82 Å². The lowest BCUT2D eigenvalue weighted by molar-refractivity contribution is 0.187. The van der Waals surface area contributed by atoms with Crippen LogP contribution in [0.1, 0.15) is 38.8 Å². The summed E-state index contributed by atoms with van der Waals surface area (Å²) in [5, 5.41) is 7.97. The van der Waals surface area contributed by atoms with Crippen molar-refractivity contribution in [2.75, 3.05) is 17.9 Å². The fourth-order valence-electron chi connectivity index (χ4n) is 3.60. The molecule has 170 valence electrons. The molecule has 0 amide bonds. The number of nitrogens with zero attached hydrogens (tertiary/aromatic N) is 3. The lowest BCUT2D eigenvalue weighted by Crippen LogP contribution is -2.16. The Morgan fingerprint density at radius 2 is 1.94 bits per heavy atom. The minimum absolute atomic E-state index is 0.00164. The van der Waals surface area contributed by atoms with Gasteiger partial charge in [-0.15, -0.1) is 10.2 Å². The van der Waals surface area contributed by atoms with E-state index in [9.17, 15) is 12.8 Å². The van der Waals surface area contributed by atoms with Crippen LogP contribution in [-0.2, 0) is 20.2 Å². The maximum atomic E-state index is 14.3. The second-order valence-corrected chi connectivity index (χ2v) is 10.9. The fraction of sp³-hybridized carbons (Fsp3) is 0.364. The first-order valence-corrected chi connectivity index (χ1v) is 12.0. The lowest BCUT2D eigenvalue weighted by Gasteiger charge is -2.19. The van der Waals surface area contributed by atoms with Crippen LogP contribution in [0, 0.1) is 5.82 Å². The molecule has 1 atom stereocenters. The number of sulfonamides is 1. The zero-order valence-electron chi connectivity index (χ0n) is 18.0. The Kier molecular flexibility index (Phi) is 6.00. The first-order chi connectivity index (χ1) is 15.1. The van der Waals surface area contributed by atoms with Crippen molar-refractivity contribution in [2.45, 2.75) is 43.5 Å². The molecule has 2 heterocycles. The molecular weight excluding hydrogens is 455 g/mol. The highest BCUT2D eigenvalue weighted by Gasteiger charge is 2.25. The van der Waals surface area contributed by atoms with Gasteiger partial charge >= 0.3 is 0 Å². The van der Waals surface area contributed by atoms with Crippen LogP contribution in [0.3, 0.4) is 0 Å². The molecule has 1 aliphatic heterocycles. The molecule has 0 spiro atoms. The molecule has 0 radical (unpaired) electrons. The van der Waals surface area contributed by atoms with E-state index in [2.05, 4.69) is 14.9 Å². The molecule has 3 aromatic rings. The standard InChI is InChI=1S/C22H24ClFN4O3S/c1-22(2,3)14-4-6-16(7-5-14)32(29,30)27-20-11-19(24)18(23)10-17(20)21-26-25-13-28(21)15-8-9-31-12-15/h4-7,10-11,13,15,27H,8-9,12H2,1-3H3/t15-/m0/s1. The third kappa shape index (κ3) is 4.51. The Labute approximate surface area is 191 Å². The van der Waals surface area contributed by atoms with E-state index >= 15 is 0 Å². The smallest absolute Gasteiger partial charge is 0.261 e. The summed E-state index contributed by atoms with van der Waals surface area (Å²) in [6.45, 7) is 7.23. The topological polar surface area (TPSA) is 86.1 Å². The molecule has 1 saturated heterocycles. The Morgan fingerprint density at radius 1 is 1.22 bits per heavy atom. The molecule has 0 aliphatic carbocycles. The van der Waals surface area contributed by atoms with Crippen LogP contribution in [0.4, 0.5) is 10.1 Å². The van der Waals surface area contributed by atoms with E-state index in [4.69, 9.17) is 16.3 Å². The Bertz CT molecular complexity index is 1230. The number of aromatic nitrogens is 3. The number of nitrogens with one attached hydrogen (secondary N) is 1. The fourth-order valence-corrected chi connectivity index (χ4v) is 4.83. The molecule has 0 saturated carbocycles. The molecule has 10 heteroatoms. The summed E-state index contributed by atoms with van der Waals surface area (Å²) in [6.07, 6.45) is 2.32. The number of hydrogen-bond donors (Lipinski definition) is 1. The van der Waals surface area contributed by atoms with Gasteiger partial charge in [0.1, 0.15) is 12.1 Å². The van der Waals surface area contributed by atoms with Gasteiger partial charge in [0.05, 0.1) is 28.3 Å². The predicted octanol–water partition coefficient (Wildman–Crippen LogP) is 4.80. The van der Waals surface area contributed by atoms with Crippen LogP contribution in [-0.4, -0.2) is 36.4 Å². The summed E-state index contributed by atoms with van der Waals surface area (Å²) < 4.78 is 50.3. The van der Waals surface area contributed by atoms with Gasteiger partial charge in [-0.25, -0.2) is 12.8 Å². The van der Waals surface area contributed by atoms with Crippen LogP contribution in [0.15, 0.2) is 47.6 Å². The first kappa shape index (κ1) is 22.7. The van der Waals surface area contributed by atoms with E-state index in [0.717, 1.165) is 18.1 Å². The van der Waals surface area contributed by atoms with Crippen molar-refractivity contribution in [1.82, 2.24) is 14.8 Å². The largest absolute Gasteiger partial charge is 0.379 e. The minimum atomic E-state index is -3.99. The monoisotopic (exact) mass is 478 g/mol. The summed E-state index contributed by atoms with van der Waals surface area (Å²) in [5.74, 6) is -0.366. The summed E-state index contributed by atoms with van der Waals surface area (Å²) in [7, 11) is -3.99. The van der Waals surface area contributed by atoms with Crippen LogP contribution in [0.5, 0.6) is 0 Å². The van der Waals surface area contributed by atoms with Crippen molar-refractivity contribution in [3.05, 3.63) is 59.1 Å². The molecule has 1 aromatic heterocycles. The molecule has 32 heavy (non-hydrogen) atoms. The Morgan fingerprint density at radius 3 is 2.56 bits per heavy atom. The normalized spacial score (nSPS) is 17.0. The average Bonchev–Trinajstić information content (AvgIpc) is 3.41. The van der Waals surface area contributed by atoms with Crippen molar-refractivity contribution in [2.24, 2.45) is 0 Å². The molecule has 4 rings (SSSR count). The molecule has 0 bridgehead atoms. The number of rotatable bonds is 5. The number of halogens is 2. The van der Waals surface area contributed by atoms with Crippen molar-refractivity contribution < 1.29 is 17.5 Å². The Balaban J connectivity index is 1.73. The molecule has 7 nitrogen and oxygen atoms in total. The second-order valence-electron chi connectivity index (χ2n) is 8.77. The third-order valence-corrected chi connectivity index (χ3v) is 7.12. The van der Waals surface area contributed by atoms with Gasteiger partial charge in [0.2, 0.25) is 0 Å². The van der Waals surface area contributed by atoms with Crippen LogP contribution in [0.25, 0.3) is 11.4 Å². The average molecular weight is 479 g/mol. The van der Waals surface area contributed by atoms with Crippen LogP contribution < -0.4 is 4.72 Å². The van der Waals surface area contributed by atoms with E-state index in [1.165, 1.54) is 18.2 Å². The number of benzene rings is 2. The highest BCUT2D eigenvalue weighted by atomic mass is 35.5. The second kappa shape index (κ2) is 8.46. The first-order valence-electron chi connectivity index (χ1n) is 10.2. The van der Waals surface area contributed by atoms with E-state index in [1.54, 1.807) is 23.0 Å². The number of ether oxygens (including phenoxy) is 1. The van der Waals surface area contributed by atoms with Crippen molar-refractivity contribution >= 4 is 27.3 Å². The molecule has 2 aromatic carbocycles. The van der Waals surface area contributed by atoms with Gasteiger partial charge in [-0.1, -0.05) is 44.5 Å². The van der Waals surface area contributed by atoms with E-state index in [-0.39, 0.29) is 27.1 Å². The van der Waals surface area contributed by atoms with Crippen molar-refractivity contribution in [1.29, 1.82) is 0 Å². The predicted molar refractivity (Wildman–Crippen MR) is 121 cm³/mol. The van der Waals surface area contributed by atoms with Gasteiger partial charge in [0.25, 0.3) is 10.0 Å².